The van der Waals surface area contributed by atoms with Gasteiger partial charge in [-0.25, -0.2) is 0 Å². The van der Waals surface area contributed by atoms with Gasteiger partial charge in [0.15, 0.2) is 0 Å². The SMILES string of the molecule is N#Cc1ccc(Br)cc1NCc1cccc([N+](=O)[O-])c1F. The summed E-state index contributed by atoms with van der Waals surface area (Å²) in [6.07, 6.45) is 0. The molecular formula is C14H9BrFN3O2. The van der Waals surface area contributed by atoms with Crippen molar-refractivity contribution in [2.45, 2.75) is 6.54 Å². The second kappa shape index (κ2) is 6.33. The predicted octanol–water partition coefficient (Wildman–Crippen LogP) is 3.98. The van der Waals surface area contributed by atoms with Crippen molar-refractivity contribution in [2.24, 2.45) is 0 Å². The summed E-state index contributed by atoms with van der Waals surface area (Å²) in [6, 6.07) is 11.0. The third-order valence-corrected chi connectivity index (χ3v) is 3.32. The number of nitrogens with one attached hydrogen (secondary N) is 1. The lowest BCUT2D eigenvalue weighted by molar-refractivity contribution is -0.387. The quantitative estimate of drug-likeness (QED) is 0.668. The number of hydrogen-bond acceptors (Lipinski definition) is 4. The zero-order valence-electron chi connectivity index (χ0n) is 10.6. The fourth-order valence-electron chi connectivity index (χ4n) is 1.79. The van der Waals surface area contributed by atoms with Gasteiger partial charge >= 0.3 is 5.69 Å². The monoisotopic (exact) mass is 349 g/mol. The van der Waals surface area contributed by atoms with Gasteiger partial charge in [0, 0.05) is 22.6 Å². The zero-order valence-corrected chi connectivity index (χ0v) is 12.2. The molecule has 2 aromatic carbocycles. The molecule has 1 N–H and O–H groups in total. The van der Waals surface area contributed by atoms with Crippen LogP contribution in [0.3, 0.4) is 0 Å². The minimum Gasteiger partial charge on any atom is -0.380 e. The number of rotatable bonds is 4. The third-order valence-electron chi connectivity index (χ3n) is 2.83. The van der Waals surface area contributed by atoms with Gasteiger partial charge in [-0.2, -0.15) is 9.65 Å². The van der Waals surface area contributed by atoms with E-state index in [1.54, 1.807) is 18.2 Å². The van der Waals surface area contributed by atoms with E-state index >= 15 is 0 Å². The second-order valence-electron chi connectivity index (χ2n) is 4.16. The first-order chi connectivity index (χ1) is 10.0. The van der Waals surface area contributed by atoms with E-state index in [1.165, 1.54) is 12.1 Å². The number of nitro groups is 1. The molecule has 0 radical (unpaired) electrons. The molecule has 2 aromatic rings. The van der Waals surface area contributed by atoms with E-state index in [0.717, 1.165) is 10.5 Å². The molecule has 0 bridgehead atoms. The van der Waals surface area contributed by atoms with E-state index in [9.17, 15) is 14.5 Å². The van der Waals surface area contributed by atoms with Crippen LogP contribution in [0.2, 0.25) is 0 Å². The number of nitro benzene ring substituents is 1. The number of anilines is 1. The highest BCUT2D eigenvalue weighted by atomic mass is 79.9. The number of nitrogens with zero attached hydrogens (tertiary/aromatic N) is 2. The summed E-state index contributed by atoms with van der Waals surface area (Å²) in [4.78, 5) is 9.92. The van der Waals surface area contributed by atoms with Crippen LogP contribution in [0.4, 0.5) is 15.8 Å². The Morgan fingerprint density at radius 2 is 2.14 bits per heavy atom. The average molecular weight is 350 g/mol. The Morgan fingerprint density at radius 1 is 1.38 bits per heavy atom. The van der Waals surface area contributed by atoms with Crippen LogP contribution < -0.4 is 5.32 Å². The fourth-order valence-corrected chi connectivity index (χ4v) is 2.16. The van der Waals surface area contributed by atoms with Crippen molar-refractivity contribution in [1.82, 2.24) is 0 Å². The molecule has 7 heteroatoms. The molecule has 0 saturated heterocycles. The lowest BCUT2D eigenvalue weighted by Crippen LogP contribution is -2.05. The zero-order chi connectivity index (χ0) is 15.4. The van der Waals surface area contributed by atoms with Gasteiger partial charge in [0.1, 0.15) is 6.07 Å². The molecule has 0 aliphatic rings. The maximum absolute atomic E-state index is 13.9. The molecule has 106 valence electrons. The molecule has 0 amide bonds. The van der Waals surface area contributed by atoms with E-state index in [4.69, 9.17) is 5.26 Å². The summed E-state index contributed by atoms with van der Waals surface area (Å²) < 4.78 is 14.7. The molecule has 0 fully saturated rings. The van der Waals surface area contributed by atoms with Crippen molar-refractivity contribution in [3.63, 3.8) is 0 Å². The first-order valence-corrected chi connectivity index (χ1v) is 6.67. The lowest BCUT2D eigenvalue weighted by Gasteiger charge is -2.09. The van der Waals surface area contributed by atoms with Crippen LogP contribution in [0.25, 0.3) is 0 Å². The van der Waals surface area contributed by atoms with Gasteiger partial charge < -0.3 is 5.32 Å². The van der Waals surface area contributed by atoms with Crippen LogP contribution in [0.15, 0.2) is 40.9 Å². The first kappa shape index (κ1) is 14.9. The van der Waals surface area contributed by atoms with Gasteiger partial charge in [-0.05, 0) is 18.2 Å². The summed E-state index contributed by atoms with van der Waals surface area (Å²) in [7, 11) is 0. The molecule has 0 atom stereocenters. The van der Waals surface area contributed by atoms with E-state index < -0.39 is 16.4 Å². The normalized spacial score (nSPS) is 9.95. The van der Waals surface area contributed by atoms with E-state index in [-0.39, 0.29) is 12.1 Å². The minimum atomic E-state index is -0.872. The van der Waals surface area contributed by atoms with Crippen LogP contribution in [0.5, 0.6) is 0 Å². The van der Waals surface area contributed by atoms with Gasteiger partial charge in [-0.1, -0.05) is 28.1 Å². The van der Waals surface area contributed by atoms with Gasteiger partial charge in [0.05, 0.1) is 16.2 Å². The highest BCUT2D eigenvalue weighted by molar-refractivity contribution is 9.10. The predicted molar refractivity (Wildman–Crippen MR) is 79.2 cm³/mol. The molecule has 0 aliphatic carbocycles. The second-order valence-corrected chi connectivity index (χ2v) is 5.08. The maximum atomic E-state index is 13.9. The lowest BCUT2D eigenvalue weighted by atomic mass is 10.1. The molecule has 2 rings (SSSR count). The Balaban J connectivity index is 2.25. The Bertz CT molecular complexity index is 743. The van der Waals surface area contributed by atoms with E-state index in [2.05, 4.69) is 21.2 Å². The van der Waals surface area contributed by atoms with Gasteiger partial charge in [-0.3, -0.25) is 10.1 Å². The van der Waals surface area contributed by atoms with Crippen LogP contribution in [-0.4, -0.2) is 4.92 Å². The summed E-state index contributed by atoms with van der Waals surface area (Å²) >= 11 is 3.28. The Morgan fingerprint density at radius 3 is 2.81 bits per heavy atom. The van der Waals surface area contributed by atoms with Crippen molar-refractivity contribution < 1.29 is 9.31 Å². The molecule has 5 nitrogen and oxygen atoms in total. The topological polar surface area (TPSA) is 79.0 Å². The number of nitriles is 1. The molecule has 0 unspecified atom stereocenters. The highest BCUT2D eigenvalue weighted by Crippen LogP contribution is 2.24. The van der Waals surface area contributed by atoms with Gasteiger partial charge in [0.25, 0.3) is 0 Å². The maximum Gasteiger partial charge on any atom is 0.305 e. The van der Waals surface area contributed by atoms with Crippen LogP contribution in [0, 0.1) is 27.3 Å². The smallest absolute Gasteiger partial charge is 0.305 e. The average Bonchev–Trinajstić information content (AvgIpc) is 2.46. The minimum absolute atomic E-state index is 0.0403. The Labute approximate surface area is 128 Å². The first-order valence-electron chi connectivity index (χ1n) is 5.88. The number of benzene rings is 2. The summed E-state index contributed by atoms with van der Waals surface area (Å²) in [5.41, 5.74) is 0.527. The molecule has 21 heavy (non-hydrogen) atoms. The van der Waals surface area contributed by atoms with E-state index in [1.807, 2.05) is 6.07 Å². The van der Waals surface area contributed by atoms with Gasteiger partial charge in [0.2, 0.25) is 5.82 Å². The number of halogens is 2. The fraction of sp³-hybridized carbons (Fsp3) is 0.0714. The summed E-state index contributed by atoms with van der Waals surface area (Å²) in [6.45, 7) is 0.0403. The van der Waals surface area contributed by atoms with Crippen molar-refractivity contribution in [2.75, 3.05) is 5.32 Å². The highest BCUT2D eigenvalue weighted by Gasteiger charge is 2.17. The summed E-state index contributed by atoms with van der Waals surface area (Å²) in [5, 5.41) is 22.6. The van der Waals surface area contributed by atoms with E-state index in [0.29, 0.717) is 11.3 Å². The molecular weight excluding hydrogens is 341 g/mol. The van der Waals surface area contributed by atoms with Crippen molar-refractivity contribution in [3.8, 4) is 6.07 Å². The third kappa shape index (κ3) is 3.35. The Kier molecular flexibility index (Phi) is 4.50. The molecule has 0 saturated carbocycles. The molecule has 0 spiro atoms. The van der Waals surface area contributed by atoms with Crippen LogP contribution in [0.1, 0.15) is 11.1 Å². The molecule has 0 heterocycles. The molecule has 0 aliphatic heterocycles. The van der Waals surface area contributed by atoms with Crippen LogP contribution in [-0.2, 0) is 6.54 Å². The largest absolute Gasteiger partial charge is 0.380 e. The number of hydrogen-bond donors (Lipinski definition) is 1. The van der Waals surface area contributed by atoms with Crippen molar-refractivity contribution in [3.05, 3.63) is 67.9 Å². The standard InChI is InChI=1S/C14H9BrFN3O2/c15-11-5-4-9(7-17)12(6-11)18-8-10-2-1-3-13(14(10)16)19(20)21/h1-6,18H,8H2. The van der Waals surface area contributed by atoms with Crippen molar-refractivity contribution in [1.29, 1.82) is 5.26 Å². The molecule has 0 aromatic heterocycles. The van der Waals surface area contributed by atoms with Crippen LogP contribution >= 0.6 is 15.9 Å². The Hall–Kier alpha value is -2.46. The van der Waals surface area contributed by atoms with Crippen molar-refractivity contribution >= 4 is 27.3 Å². The van der Waals surface area contributed by atoms with Gasteiger partial charge in [-0.15, -0.1) is 0 Å². The summed E-state index contributed by atoms with van der Waals surface area (Å²) in [5.74, 6) is -0.872.